The fourth-order valence-electron chi connectivity index (χ4n) is 2.23. The van der Waals surface area contributed by atoms with Gasteiger partial charge < -0.3 is 4.74 Å². The van der Waals surface area contributed by atoms with Crippen molar-refractivity contribution in [2.45, 2.75) is 43.5 Å². The summed E-state index contributed by atoms with van der Waals surface area (Å²) in [6, 6.07) is 0. The maximum absolute atomic E-state index is 14.4. The van der Waals surface area contributed by atoms with Crippen LogP contribution in [0, 0.1) is 5.92 Å². The highest BCUT2D eigenvalue weighted by Crippen LogP contribution is 2.34. The van der Waals surface area contributed by atoms with Gasteiger partial charge in [0, 0.05) is 5.92 Å². The summed E-state index contributed by atoms with van der Waals surface area (Å²) in [5.74, 6) is -3.24. The maximum Gasteiger partial charge on any atom is 0.310 e. The van der Waals surface area contributed by atoms with Gasteiger partial charge in [0.05, 0.1) is 7.11 Å². The largest absolute Gasteiger partial charge is 0.469 e. The normalized spacial score (nSPS) is 20.6. The third kappa shape index (κ3) is 3.50. The first-order valence-corrected chi connectivity index (χ1v) is 7.43. The summed E-state index contributed by atoms with van der Waals surface area (Å²) < 4.78 is 49.8. The number of rotatable bonds is 5. The highest BCUT2D eigenvalue weighted by Gasteiger charge is 2.54. The molecular weight excluding hydrogens is 279 g/mol. The highest BCUT2D eigenvalue weighted by atomic mass is 32.2. The predicted octanol–water partition coefficient (Wildman–Crippen LogP) is 1.25. The average molecular weight is 296 g/mol. The topological polar surface area (TPSA) is 97.7 Å². The van der Waals surface area contributed by atoms with Crippen LogP contribution in [-0.4, -0.2) is 36.8 Å². The molecule has 0 bridgehead atoms. The van der Waals surface area contributed by atoms with E-state index in [2.05, 4.69) is 4.74 Å². The number of hydrogen-bond acceptors (Lipinski definition) is 5. The number of ketones is 1. The lowest BCUT2D eigenvalue weighted by atomic mass is 9.84. The fraction of sp³-hybridized carbons (Fsp3) is 0.818. The van der Waals surface area contributed by atoms with Gasteiger partial charge in [-0.25, -0.2) is 4.39 Å². The molecular formula is C11H17FO6S. The van der Waals surface area contributed by atoms with E-state index in [1.165, 1.54) is 0 Å². The molecule has 0 amide bonds. The summed E-state index contributed by atoms with van der Waals surface area (Å²) in [5, 5.41) is -3.61. The zero-order valence-corrected chi connectivity index (χ0v) is 11.4. The Morgan fingerprint density at radius 1 is 1.32 bits per heavy atom. The van der Waals surface area contributed by atoms with Crippen molar-refractivity contribution in [1.29, 1.82) is 0 Å². The third-order valence-electron chi connectivity index (χ3n) is 3.35. The van der Waals surface area contributed by atoms with Crippen LogP contribution in [0.1, 0.15) is 38.5 Å². The van der Waals surface area contributed by atoms with Gasteiger partial charge in [0.25, 0.3) is 0 Å². The molecule has 0 saturated heterocycles. The zero-order valence-electron chi connectivity index (χ0n) is 10.6. The first-order valence-electron chi connectivity index (χ1n) is 5.99. The minimum absolute atomic E-state index is 0.362. The summed E-state index contributed by atoms with van der Waals surface area (Å²) in [5.41, 5.74) is 0. The molecule has 1 N–H and O–H groups in total. The van der Waals surface area contributed by atoms with Crippen molar-refractivity contribution >= 4 is 21.9 Å². The number of methoxy groups -OCH3 is 1. The molecule has 1 unspecified atom stereocenters. The first kappa shape index (κ1) is 16.0. The number of carbonyl (C=O) groups excluding carboxylic acids is 2. The van der Waals surface area contributed by atoms with E-state index >= 15 is 0 Å². The van der Waals surface area contributed by atoms with Gasteiger partial charge in [-0.2, -0.15) is 8.42 Å². The van der Waals surface area contributed by atoms with E-state index in [1.54, 1.807) is 0 Å². The van der Waals surface area contributed by atoms with Gasteiger partial charge in [-0.05, 0) is 12.8 Å². The van der Waals surface area contributed by atoms with E-state index in [0.717, 1.165) is 13.5 Å². The molecule has 1 aliphatic carbocycles. The van der Waals surface area contributed by atoms with Crippen molar-refractivity contribution in [2.24, 2.45) is 5.92 Å². The number of esters is 1. The molecule has 110 valence electrons. The number of ether oxygens (including phenoxy) is 1. The Hall–Kier alpha value is -1.02. The molecule has 1 saturated carbocycles. The van der Waals surface area contributed by atoms with Crippen LogP contribution in [0.15, 0.2) is 0 Å². The molecule has 1 atom stereocenters. The van der Waals surface area contributed by atoms with Crippen molar-refractivity contribution in [3.05, 3.63) is 0 Å². The maximum atomic E-state index is 14.4. The SMILES string of the molecule is COC(=O)CC(F)(C(=O)C1CCCCC1)S(=O)(=O)O. The van der Waals surface area contributed by atoms with Crippen LogP contribution in [0.2, 0.25) is 0 Å². The standard InChI is InChI=1S/C11H17FO6S/c1-18-9(13)7-11(12,19(15,16)17)10(14)8-5-3-2-4-6-8/h8H,2-7H2,1H3,(H,15,16,17). The van der Waals surface area contributed by atoms with Gasteiger partial charge in [-0.1, -0.05) is 19.3 Å². The van der Waals surface area contributed by atoms with Crippen LogP contribution >= 0.6 is 0 Å². The summed E-state index contributed by atoms with van der Waals surface area (Å²) in [6.07, 6.45) is 1.68. The van der Waals surface area contributed by atoms with Crippen LogP contribution in [0.3, 0.4) is 0 Å². The Labute approximate surface area is 111 Å². The second kappa shape index (κ2) is 5.96. The highest BCUT2D eigenvalue weighted by molar-refractivity contribution is 7.88. The molecule has 1 fully saturated rings. The zero-order chi connectivity index (χ0) is 14.7. The Kier molecular flexibility index (Phi) is 5.03. The summed E-state index contributed by atoms with van der Waals surface area (Å²) in [4.78, 5) is 23.1. The summed E-state index contributed by atoms with van der Waals surface area (Å²) in [6.45, 7) is 0. The van der Waals surface area contributed by atoms with Crippen molar-refractivity contribution in [3.63, 3.8) is 0 Å². The smallest absolute Gasteiger partial charge is 0.310 e. The van der Waals surface area contributed by atoms with E-state index in [1.807, 2.05) is 0 Å². The van der Waals surface area contributed by atoms with E-state index < -0.39 is 39.2 Å². The number of carbonyl (C=O) groups is 2. The molecule has 1 aliphatic rings. The Balaban J connectivity index is 3.02. The molecule has 0 aromatic heterocycles. The average Bonchev–Trinajstić information content (AvgIpc) is 2.37. The summed E-state index contributed by atoms with van der Waals surface area (Å²) in [7, 11) is -4.39. The van der Waals surface area contributed by atoms with Gasteiger partial charge in [-0.15, -0.1) is 0 Å². The minimum atomic E-state index is -5.34. The van der Waals surface area contributed by atoms with Gasteiger partial charge in [0.15, 0.2) is 5.78 Å². The van der Waals surface area contributed by atoms with Crippen molar-refractivity contribution in [2.75, 3.05) is 7.11 Å². The van der Waals surface area contributed by atoms with Gasteiger partial charge in [-0.3, -0.25) is 14.1 Å². The van der Waals surface area contributed by atoms with Crippen LogP contribution in [0.25, 0.3) is 0 Å². The van der Waals surface area contributed by atoms with Gasteiger partial charge >= 0.3 is 21.1 Å². The van der Waals surface area contributed by atoms with Crippen molar-refractivity contribution < 1.29 is 31.7 Å². The Bertz CT molecular complexity index is 454. The molecule has 1 rings (SSSR count). The van der Waals surface area contributed by atoms with E-state index in [9.17, 15) is 22.4 Å². The molecule has 0 spiro atoms. The lowest BCUT2D eigenvalue weighted by molar-refractivity contribution is -0.146. The lowest BCUT2D eigenvalue weighted by Gasteiger charge is -2.27. The van der Waals surface area contributed by atoms with E-state index in [0.29, 0.717) is 25.7 Å². The fourth-order valence-corrected chi connectivity index (χ4v) is 2.95. The molecule has 0 radical (unpaired) electrons. The second-order valence-corrected chi connectivity index (χ2v) is 6.25. The van der Waals surface area contributed by atoms with Crippen LogP contribution < -0.4 is 0 Å². The quantitative estimate of drug-likeness (QED) is 0.605. The Morgan fingerprint density at radius 3 is 2.26 bits per heavy atom. The van der Waals surface area contributed by atoms with Crippen LogP contribution in [0.4, 0.5) is 4.39 Å². The van der Waals surface area contributed by atoms with Crippen LogP contribution in [-0.2, 0) is 24.4 Å². The van der Waals surface area contributed by atoms with Crippen LogP contribution in [0.5, 0.6) is 0 Å². The number of hydrogen-bond donors (Lipinski definition) is 1. The molecule has 8 heteroatoms. The summed E-state index contributed by atoms with van der Waals surface area (Å²) >= 11 is 0. The molecule has 6 nitrogen and oxygen atoms in total. The lowest BCUT2D eigenvalue weighted by Crippen LogP contribution is -2.47. The molecule has 0 heterocycles. The van der Waals surface area contributed by atoms with Gasteiger partial charge in [0.2, 0.25) is 0 Å². The number of Topliss-reactive ketones (excluding diaryl/α,β-unsaturated/α-hetero) is 1. The molecule has 19 heavy (non-hydrogen) atoms. The number of halogens is 1. The van der Waals surface area contributed by atoms with Crippen molar-refractivity contribution in [1.82, 2.24) is 0 Å². The molecule has 0 aromatic carbocycles. The van der Waals surface area contributed by atoms with E-state index in [-0.39, 0.29) is 0 Å². The molecule has 0 aliphatic heterocycles. The second-order valence-electron chi connectivity index (χ2n) is 4.66. The predicted molar refractivity (Wildman–Crippen MR) is 63.6 cm³/mol. The Morgan fingerprint density at radius 2 is 1.84 bits per heavy atom. The first-order chi connectivity index (χ1) is 8.72. The third-order valence-corrected chi connectivity index (χ3v) is 4.52. The van der Waals surface area contributed by atoms with Gasteiger partial charge in [0.1, 0.15) is 6.42 Å². The number of alkyl halides is 1. The monoisotopic (exact) mass is 296 g/mol. The minimum Gasteiger partial charge on any atom is -0.469 e. The van der Waals surface area contributed by atoms with E-state index in [4.69, 9.17) is 4.55 Å². The molecule has 0 aromatic rings. The van der Waals surface area contributed by atoms with Crippen molar-refractivity contribution in [3.8, 4) is 0 Å².